The van der Waals surface area contributed by atoms with Crippen LogP contribution in [0, 0.1) is 6.92 Å². The number of aliphatic carboxylic acids is 1. The molecule has 9 heteroatoms. The molecule has 3 aromatic carbocycles. The first kappa shape index (κ1) is 31.8. The van der Waals surface area contributed by atoms with E-state index in [2.05, 4.69) is 46.8 Å². The summed E-state index contributed by atoms with van der Waals surface area (Å²) in [6.45, 7) is 2.73. The Balaban J connectivity index is 1.65. The molecule has 0 bridgehead atoms. The Bertz CT molecular complexity index is 1490. The number of carboxylic acid groups (broad SMARTS) is 1. The van der Waals surface area contributed by atoms with E-state index in [1.54, 1.807) is 6.07 Å². The average molecular weight is 609 g/mol. The van der Waals surface area contributed by atoms with Crippen molar-refractivity contribution in [2.24, 2.45) is 0 Å². The van der Waals surface area contributed by atoms with Gasteiger partial charge in [0, 0.05) is 36.2 Å². The number of amides is 1. The SMILES string of the molecule is CSC[C@@H]1CC[C@H](Cc2ccccc2)N1Cc1ccc(C(=O)N[C@@H](CCS(C)(=O)=O)C(=O)O)c(-c2ccccc2C)c1. The van der Waals surface area contributed by atoms with E-state index in [0.717, 1.165) is 60.1 Å². The number of hydrogen-bond acceptors (Lipinski definition) is 6. The summed E-state index contributed by atoms with van der Waals surface area (Å²) in [5, 5.41) is 12.3. The summed E-state index contributed by atoms with van der Waals surface area (Å²) in [4.78, 5) is 28.0. The molecule has 1 fully saturated rings. The lowest BCUT2D eigenvalue weighted by molar-refractivity contribution is -0.139. The zero-order valence-corrected chi connectivity index (χ0v) is 26.1. The summed E-state index contributed by atoms with van der Waals surface area (Å²) >= 11 is 1.86. The zero-order valence-electron chi connectivity index (χ0n) is 24.5. The minimum absolute atomic E-state index is 0.202. The van der Waals surface area contributed by atoms with E-state index in [1.807, 2.05) is 55.1 Å². The molecule has 1 heterocycles. The minimum atomic E-state index is -3.38. The monoisotopic (exact) mass is 608 g/mol. The smallest absolute Gasteiger partial charge is 0.326 e. The van der Waals surface area contributed by atoms with E-state index >= 15 is 0 Å². The van der Waals surface area contributed by atoms with E-state index in [0.29, 0.717) is 17.6 Å². The van der Waals surface area contributed by atoms with Crippen molar-refractivity contribution in [2.75, 3.05) is 24.0 Å². The molecule has 224 valence electrons. The second-order valence-electron chi connectivity index (χ2n) is 11.2. The highest BCUT2D eigenvalue weighted by atomic mass is 32.2. The lowest BCUT2D eigenvalue weighted by atomic mass is 9.93. The molecule has 1 aliphatic rings. The predicted molar refractivity (Wildman–Crippen MR) is 171 cm³/mol. The molecule has 0 saturated carbocycles. The third kappa shape index (κ3) is 8.46. The number of rotatable bonds is 13. The molecule has 42 heavy (non-hydrogen) atoms. The highest BCUT2D eigenvalue weighted by molar-refractivity contribution is 7.98. The molecule has 7 nitrogen and oxygen atoms in total. The molecule has 0 aromatic heterocycles. The van der Waals surface area contributed by atoms with E-state index in [9.17, 15) is 23.1 Å². The Morgan fingerprint density at radius 3 is 2.33 bits per heavy atom. The molecule has 1 amide bonds. The van der Waals surface area contributed by atoms with Crippen molar-refractivity contribution in [2.45, 2.75) is 57.3 Å². The van der Waals surface area contributed by atoms with Gasteiger partial charge in [-0.05, 0) is 78.8 Å². The molecule has 1 saturated heterocycles. The van der Waals surface area contributed by atoms with Gasteiger partial charge in [0.2, 0.25) is 0 Å². The highest BCUT2D eigenvalue weighted by Crippen LogP contribution is 2.33. The number of nitrogens with zero attached hydrogens (tertiary/aromatic N) is 1. The molecule has 0 spiro atoms. The molecule has 1 aliphatic heterocycles. The fraction of sp³-hybridized carbons (Fsp3) is 0.394. The van der Waals surface area contributed by atoms with E-state index in [-0.39, 0.29) is 12.2 Å². The van der Waals surface area contributed by atoms with Crippen molar-refractivity contribution in [1.29, 1.82) is 0 Å². The maximum atomic E-state index is 13.5. The number of benzene rings is 3. The Hall–Kier alpha value is -3.14. The normalized spacial score (nSPS) is 18.1. The number of likely N-dealkylation sites (tertiary alicyclic amines) is 1. The quantitative estimate of drug-likeness (QED) is 0.274. The van der Waals surface area contributed by atoms with Gasteiger partial charge < -0.3 is 10.4 Å². The fourth-order valence-electron chi connectivity index (χ4n) is 5.77. The second-order valence-corrected chi connectivity index (χ2v) is 14.4. The lowest BCUT2D eigenvalue weighted by Crippen LogP contribution is -2.42. The van der Waals surface area contributed by atoms with Crippen LogP contribution in [0.15, 0.2) is 72.8 Å². The van der Waals surface area contributed by atoms with Gasteiger partial charge in [0.1, 0.15) is 15.9 Å². The van der Waals surface area contributed by atoms with Gasteiger partial charge >= 0.3 is 5.97 Å². The summed E-state index contributed by atoms with van der Waals surface area (Å²) in [5.74, 6) is -1.07. The van der Waals surface area contributed by atoms with Crippen molar-refractivity contribution in [1.82, 2.24) is 10.2 Å². The number of carbonyl (C=O) groups is 2. The molecule has 0 unspecified atom stereocenters. The average Bonchev–Trinajstić information content (AvgIpc) is 3.31. The van der Waals surface area contributed by atoms with Gasteiger partial charge in [-0.2, -0.15) is 11.8 Å². The van der Waals surface area contributed by atoms with Crippen LogP contribution in [0.5, 0.6) is 0 Å². The van der Waals surface area contributed by atoms with Gasteiger partial charge in [-0.15, -0.1) is 0 Å². The van der Waals surface area contributed by atoms with Gasteiger partial charge in [-0.3, -0.25) is 9.69 Å². The minimum Gasteiger partial charge on any atom is -0.480 e. The van der Waals surface area contributed by atoms with Gasteiger partial charge in [-0.1, -0.05) is 60.7 Å². The largest absolute Gasteiger partial charge is 0.480 e. The predicted octanol–water partition coefficient (Wildman–Crippen LogP) is 5.22. The van der Waals surface area contributed by atoms with Gasteiger partial charge in [0.15, 0.2) is 0 Å². The van der Waals surface area contributed by atoms with Crippen LogP contribution in [0.1, 0.15) is 46.3 Å². The van der Waals surface area contributed by atoms with Crippen molar-refractivity contribution in [3.05, 3.63) is 95.1 Å². The number of sulfone groups is 1. The third-order valence-electron chi connectivity index (χ3n) is 7.95. The van der Waals surface area contributed by atoms with Crippen molar-refractivity contribution >= 4 is 33.5 Å². The molecule has 4 rings (SSSR count). The van der Waals surface area contributed by atoms with Crippen LogP contribution in [0.25, 0.3) is 11.1 Å². The van der Waals surface area contributed by atoms with E-state index in [1.165, 1.54) is 5.56 Å². The molecule has 0 radical (unpaired) electrons. The van der Waals surface area contributed by atoms with Crippen molar-refractivity contribution in [3.8, 4) is 11.1 Å². The summed E-state index contributed by atoms with van der Waals surface area (Å²) in [6.07, 6.45) is 6.26. The number of aryl methyl sites for hydroxylation is 1. The second kappa shape index (κ2) is 14.4. The molecule has 3 atom stereocenters. The number of carboxylic acids is 1. The Morgan fingerprint density at radius 1 is 0.976 bits per heavy atom. The number of hydrogen-bond donors (Lipinski definition) is 2. The van der Waals surface area contributed by atoms with Crippen LogP contribution < -0.4 is 5.32 Å². The summed E-state index contributed by atoms with van der Waals surface area (Å²) in [7, 11) is -3.38. The molecular weight excluding hydrogens is 569 g/mol. The lowest BCUT2D eigenvalue weighted by Gasteiger charge is -2.30. The van der Waals surface area contributed by atoms with E-state index < -0.39 is 27.8 Å². The number of thioether (sulfide) groups is 1. The van der Waals surface area contributed by atoms with Crippen LogP contribution >= 0.6 is 11.8 Å². The Kier molecular flexibility index (Phi) is 10.9. The van der Waals surface area contributed by atoms with Crippen molar-refractivity contribution < 1.29 is 23.1 Å². The van der Waals surface area contributed by atoms with Crippen LogP contribution in [0.4, 0.5) is 0 Å². The van der Waals surface area contributed by atoms with E-state index in [4.69, 9.17) is 0 Å². The number of carbonyl (C=O) groups excluding carboxylic acids is 1. The highest BCUT2D eigenvalue weighted by Gasteiger charge is 2.33. The fourth-order valence-corrected chi connectivity index (χ4v) is 7.18. The van der Waals surface area contributed by atoms with Gasteiger partial charge in [-0.25, -0.2) is 13.2 Å². The summed E-state index contributed by atoms with van der Waals surface area (Å²) in [6, 6.07) is 23.8. The van der Waals surface area contributed by atoms with Crippen LogP contribution in [-0.2, 0) is 27.6 Å². The Morgan fingerprint density at radius 2 is 1.67 bits per heavy atom. The van der Waals surface area contributed by atoms with Crippen LogP contribution in [0.2, 0.25) is 0 Å². The first-order chi connectivity index (χ1) is 20.1. The number of nitrogens with one attached hydrogen (secondary N) is 1. The van der Waals surface area contributed by atoms with Gasteiger partial charge in [0.05, 0.1) is 5.75 Å². The van der Waals surface area contributed by atoms with Crippen LogP contribution in [0.3, 0.4) is 0 Å². The standard InChI is InChI=1S/C33H40N2O5S2/c1-23-9-7-8-12-28(23)30-20-25(13-16-29(30)32(36)34-31(33(37)38)17-18-42(3,39)40)21-35-26(14-15-27(35)22-41-2)19-24-10-5-4-6-11-24/h4-13,16,20,26-27,31H,14-15,17-19,21-22H2,1-3H3,(H,34,36)(H,37,38)/t26-,27+,31+/m1/s1. The topological polar surface area (TPSA) is 104 Å². The Labute approximate surface area is 253 Å². The zero-order chi connectivity index (χ0) is 30.3. The maximum Gasteiger partial charge on any atom is 0.326 e. The summed E-state index contributed by atoms with van der Waals surface area (Å²) in [5.41, 5.74) is 5.41. The first-order valence-corrected chi connectivity index (χ1v) is 17.7. The molecule has 2 N–H and O–H groups in total. The molecule has 3 aromatic rings. The first-order valence-electron chi connectivity index (χ1n) is 14.2. The molecule has 0 aliphatic carbocycles. The third-order valence-corrected chi connectivity index (χ3v) is 9.65. The van der Waals surface area contributed by atoms with Gasteiger partial charge in [0.25, 0.3) is 5.91 Å². The summed E-state index contributed by atoms with van der Waals surface area (Å²) < 4.78 is 23.3. The molecular formula is C33H40N2O5S2. The maximum absolute atomic E-state index is 13.5. The van der Waals surface area contributed by atoms with Crippen molar-refractivity contribution in [3.63, 3.8) is 0 Å². The van der Waals surface area contributed by atoms with Crippen LogP contribution in [-0.4, -0.2) is 72.4 Å².